The molecule has 0 aliphatic heterocycles. The molecule has 1 aromatic heterocycles. The molecule has 0 amide bonds. The normalized spacial score (nSPS) is 10.5. The molecule has 0 aliphatic carbocycles. The fourth-order valence-corrected chi connectivity index (χ4v) is 1.51. The minimum absolute atomic E-state index is 0.217. The summed E-state index contributed by atoms with van der Waals surface area (Å²) in [5.74, 6) is -0.686. The predicted octanol–water partition coefficient (Wildman–Crippen LogP) is 2.21. The van der Waals surface area contributed by atoms with Gasteiger partial charge < -0.3 is 5.11 Å². The Balaban J connectivity index is 3.34. The predicted molar refractivity (Wildman–Crippen MR) is 50.0 cm³/mol. The zero-order chi connectivity index (χ0) is 10.0. The molecular weight excluding hydrogens is 166 g/mol. The average molecular weight is 179 g/mol. The molecule has 0 bridgehead atoms. The van der Waals surface area contributed by atoms with Gasteiger partial charge in [0.15, 0.2) is 0 Å². The number of hydrogen-bond donors (Lipinski definition) is 1. The van der Waals surface area contributed by atoms with Gasteiger partial charge in [-0.25, -0.2) is 4.79 Å². The van der Waals surface area contributed by atoms with E-state index in [-0.39, 0.29) is 5.92 Å². The lowest BCUT2D eigenvalue weighted by atomic mass is 9.95. The molecule has 1 rings (SSSR count). The summed E-state index contributed by atoms with van der Waals surface area (Å²) >= 11 is 0. The van der Waals surface area contributed by atoms with Gasteiger partial charge in [0.1, 0.15) is 0 Å². The van der Waals surface area contributed by atoms with Crippen molar-refractivity contribution in [2.45, 2.75) is 26.7 Å². The molecule has 0 aliphatic rings. The number of rotatable bonds is 2. The van der Waals surface area contributed by atoms with Crippen LogP contribution in [0.25, 0.3) is 0 Å². The third-order valence-corrected chi connectivity index (χ3v) is 1.99. The van der Waals surface area contributed by atoms with Crippen LogP contribution in [-0.2, 0) is 0 Å². The maximum Gasteiger partial charge on any atom is 0.337 e. The van der Waals surface area contributed by atoms with Gasteiger partial charge in [-0.3, -0.25) is 4.98 Å². The number of carbonyl (C=O) groups is 1. The zero-order valence-corrected chi connectivity index (χ0v) is 8.03. The van der Waals surface area contributed by atoms with Gasteiger partial charge in [-0.2, -0.15) is 0 Å². The monoisotopic (exact) mass is 179 g/mol. The van der Waals surface area contributed by atoms with Gasteiger partial charge in [-0.05, 0) is 24.0 Å². The summed E-state index contributed by atoms with van der Waals surface area (Å²) in [7, 11) is 0. The van der Waals surface area contributed by atoms with Gasteiger partial charge in [0.25, 0.3) is 0 Å². The van der Waals surface area contributed by atoms with E-state index >= 15 is 0 Å². The van der Waals surface area contributed by atoms with Crippen LogP contribution in [0.2, 0.25) is 0 Å². The molecule has 0 aromatic carbocycles. The maximum absolute atomic E-state index is 10.8. The van der Waals surface area contributed by atoms with Gasteiger partial charge in [-0.15, -0.1) is 0 Å². The summed E-state index contributed by atoms with van der Waals surface area (Å²) in [6.07, 6.45) is 3.10. The highest BCUT2D eigenvalue weighted by atomic mass is 16.4. The summed E-state index contributed by atoms with van der Waals surface area (Å²) in [6, 6.07) is 0. The molecule has 3 nitrogen and oxygen atoms in total. The van der Waals surface area contributed by atoms with Crippen LogP contribution in [0.5, 0.6) is 0 Å². The van der Waals surface area contributed by atoms with Crippen LogP contribution >= 0.6 is 0 Å². The number of nitrogens with zero attached hydrogens (tertiary/aromatic N) is 1. The lowest BCUT2D eigenvalue weighted by molar-refractivity contribution is 0.0694. The Hall–Kier alpha value is -1.38. The molecule has 0 fully saturated rings. The van der Waals surface area contributed by atoms with Gasteiger partial charge in [0.2, 0.25) is 0 Å². The summed E-state index contributed by atoms with van der Waals surface area (Å²) < 4.78 is 0. The van der Waals surface area contributed by atoms with E-state index in [2.05, 4.69) is 4.98 Å². The van der Waals surface area contributed by atoms with Gasteiger partial charge in [-0.1, -0.05) is 13.8 Å². The third-order valence-electron chi connectivity index (χ3n) is 1.99. The van der Waals surface area contributed by atoms with E-state index in [4.69, 9.17) is 5.11 Å². The van der Waals surface area contributed by atoms with Crippen LogP contribution in [0, 0.1) is 6.92 Å². The molecule has 1 aromatic rings. The molecule has 1 N–H and O–H groups in total. The first kappa shape index (κ1) is 9.71. The zero-order valence-electron chi connectivity index (χ0n) is 8.03. The minimum Gasteiger partial charge on any atom is -0.478 e. The summed E-state index contributed by atoms with van der Waals surface area (Å²) in [4.78, 5) is 14.7. The van der Waals surface area contributed by atoms with Crippen molar-refractivity contribution in [2.24, 2.45) is 0 Å². The van der Waals surface area contributed by atoms with Crippen molar-refractivity contribution in [1.29, 1.82) is 0 Å². The second-order valence-corrected chi connectivity index (χ2v) is 3.38. The average Bonchev–Trinajstić information content (AvgIpc) is 2.02. The van der Waals surface area contributed by atoms with Crippen molar-refractivity contribution in [3.05, 3.63) is 29.1 Å². The van der Waals surface area contributed by atoms with Crippen molar-refractivity contribution >= 4 is 5.97 Å². The largest absolute Gasteiger partial charge is 0.478 e. The quantitative estimate of drug-likeness (QED) is 0.757. The van der Waals surface area contributed by atoms with Crippen LogP contribution in [-0.4, -0.2) is 16.1 Å². The standard InChI is InChI=1S/C10H13NO2/c1-6(2)9-7(3)4-11-5-8(9)10(12)13/h4-6H,1-3H3,(H,12,13). The number of pyridine rings is 1. The Morgan fingerprint density at radius 1 is 1.46 bits per heavy atom. The van der Waals surface area contributed by atoms with E-state index in [1.54, 1.807) is 6.20 Å². The summed E-state index contributed by atoms with van der Waals surface area (Å²) in [6.45, 7) is 5.85. The van der Waals surface area contributed by atoms with Crippen molar-refractivity contribution in [2.75, 3.05) is 0 Å². The SMILES string of the molecule is Cc1cncc(C(=O)O)c1C(C)C. The molecule has 0 radical (unpaired) electrons. The first-order valence-corrected chi connectivity index (χ1v) is 4.21. The summed E-state index contributed by atoms with van der Waals surface area (Å²) in [5, 5.41) is 8.90. The van der Waals surface area contributed by atoms with Crippen LogP contribution in [0.3, 0.4) is 0 Å². The number of hydrogen-bond acceptors (Lipinski definition) is 2. The van der Waals surface area contributed by atoms with Crippen LogP contribution in [0.4, 0.5) is 0 Å². The molecule has 1 heterocycles. The number of aromatic carboxylic acids is 1. The van der Waals surface area contributed by atoms with E-state index < -0.39 is 5.97 Å². The smallest absolute Gasteiger partial charge is 0.337 e. The first-order chi connectivity index (χ1) is 6.04. The number of aryl methyl sites for hydroxylation is 1. The maximum atomic E-state index is 10.8. The molecule has 0 saturated carbocycles. The minimum atomic E-state index is -0.903. The Labute approximate surface area is 77.4 Å². The second kappa shape index (κ2) is 3.56. The van der Waals surface area contributed by atoms with Crippen LogP contribution in [0.1, 0.15) is 41.3 Å². The van der Waals surface area contributed by atoms with E-state index in [1.165, 1.54) is 6.20 Å². The van der Waals surface area contributed by atoms with Crippen molar-refractivity contribution in [3.63, 3.8) is 0 Å². The lowest BCUT2D eigenvalue weighted by Crippen LogP contribution is -2.06. The van der Waals surface area contributed by atoms with E-state index in [0.29, 0.717) is 5.56 Å². The summed E-state index contributed by atoms with van der Waals surface area (Å²) in [5.41, 5.74) is 2.13. The lowest BCUT2D eigenvalue weighted by Gasteiger charge is -2.11. The first-order valence-electron chi connectivity index (χ1n) is 4.21. The highest BCUT2D eigenvalue weighted by Gasteiger charge is 2.14. The molecule has 70 valence electrons. The van der Waals surface area contributed by atoms with Gasteiger partial charge >= 0.3 is 5.97 Å². The van der Waals surface area contributed by atoms with Crippen molar-refractivity contribution in [3.8, 4) is 0 Å². The molecule has 0 atom stereocenters. The fraction of sp³-hybridized carbons (Fsp3) is 0.400. The van der Waals surface area contributed by atoms with E-state index in [0.717, 1.165) is 11.1 Å². The topological polar surface area (TPSA) is 50.2 Å². The van der Waals surface area contributed by atoms with E-state index in [1.807, 2.05) is 20.8 Å². The number of aromatic nitrogens is 1. The Morgan fingerprint density at radius 3 is 2.46 bits per heavy atom. The molecular formula is C10H13NO2. The van der Waals surface area contributed by atoms with Gasteiger partial charge in [0, 0.05) is 12.4 Å². The molecule has 3 heteroatoms. The number of carboxylic acid groups (broad SMARTS) is 1. The van der Waals surface area contributed by atoms with Gasteiger partial charge in [0.05, 0.1) is 5.56 Å². The number of carboxylic acids is 1. The Morgan fingerprint density at radius 2 is 2.08 bits per heavy atom. The highest BCUT2D eigenvalue weighted by molar-refractivity contribution is 5.89. The molecule has 13 heavy (non-hydrogen) atoms. The molecule has 0 unspecified atom stereocenters. The van der Waals surface area contributed by atoms with Crippen LogP contribution < -0.4 is 0 Å². The Kier molecular flexibility index (Phi) is 2.66. The van der Waals surface area contributed by atoms with E-state index in [9.17, 15) is 4.79 Å². The highest BCUT2D eigenvalue weighted by Crippen LogP contribution is 2.22. The second-order valence-electron chi connectivity index (χ2n) is 3.38. The van der Waals surface area contributed by atoms with Crippen LogP contribution in [0.15, 0.2) is 12.4 Å². The van der Waals surface area contributed by atoms with Crippen molar-refractivity contribution in [1.82, 2.24) is 4.98 Å². The fourth-order valence-electron chi connectivity index (χ4n) is 1.51. The third kappa shape index (κ3) is 1.86. The Bertz CT molecular complexity index is 332. The van der Waals surface area contributed by atoms with Crippen molar-refractivity contribution < 1.29 is 9.90 Å². The molecule has 0 saturated heterocycles. The molecule has 0 spiro atoms.